The Morgan fingerprint density at radius 2 is 1.97 bits per heavy atom. The molecular formula is C23H35N5OS. The van der Waals surface area contributed by atoms with Gasteiger partial charge in [0.05, 0.1) is 23.4 Å². The largest absolute Gasteiger partial charge is 0.378 e. The summed E-state index contributed by atoms with van der Waals surface area (Å²) in [6.07, 6.45) is 3.62. The Morgan fingerprint density at radius 3 is 2.63 bits per heavy atom. The van der Waals surface area contributed by atoms with Crippen molar-refractivity contribution >= 4 is 17.3 Å². The molecule has 1 fully saturated rings. The fourth-order valence-electron chi connectivity index (χ4n) is 3.73. The molecule has 1 aliphatic heterocycles. The van der Waals surface area contributed by atoms with E-state index in [2.05, 4.69) is 62.8 Å². The van der Waals surface area contributed by atoms with Gasteiger partial charge in [-0.15, -0.1) is 11.3 Å². The number of nitrogens with one attached hydrogen (secondary N) is 2. The Balaban J connectivity index is 1.25. The van der Waals surface area contributed by atoms with Crippen LogP contribution in [0.15, 0.2) is 35.3 Å². The number of aromatic nitrogens is 1. The fourth-order valence-corrected chi connectivity index (χ4v) is 4.60. The highest BCUT2D eigenvalue weighted by molar-refractivity contribution is 7.11. The second-order valence-electron chi connectivity index (χ2n) is 7.78. The molecule has 164 valence electrons. The number of piperidine rings is 1. The molecule has 7 heteroatoms. The number of ether oxygens (including phenoxy) is 1. The average Bonchev–Trinajstić information content (AvgIpc) is 3.09. The topological polar surface area (TPSA) is 61.8 Å². The molecule has 1 saturated heterocycles. The molecule has 3 rings (SSSR count). The minimum Gasteiger partial charge on any atom is -0.378 e. The van der Waals surface area contributed by atoms with Crippen molar-refractivity contribution in [2.75, 3.05) is 33.3 Å². The van der Waals surface area contributed by atoms with Crippen LogP contribution in [0, 0.1) is 13.8 Å². The Kier molecular flexibility index (Phi) is 9.11. The molecule has 1 aliphatic rings. The SMILES string of the molecule is CN=C(NCCCOC1CCN(Cc2ccccc2)CC1)NCc1sc(C)nc1C. The molecule has 1 aromatic heterocycles. The first-order valence-electron chi connectivity index (χ1n) is 10.9. The lowest BCUT2D eigenvalue weighted by Gasteiger charge is -2.32. The van der Waals surface area contributed by atoms with Gasteiger partial charge in [-0.2, -0.15) is 0 Å². The lowest BCUT2D eigenvalue weighted by atomic mass is 10.1. The van der Waals surface area contributed by atoms with E-state index in [1.54, 1.807) is 18.4 Å². The third-order valence-corrected chi connectivity index (χ3v) is 6.46. The van der Waals surface area contributed by atoms with E-state index in [9.17, 15) is 0 Å². The van der Waals surface area contributed by atoms with Crippen molar-refractivity contribution in [2.45, 2.75) is 52.3 Å². The summed E-state index contributed by atoms with van der Waals surface area (Å²) in [5.74, 6) is 0.828. The van der Waals surface area contributed by atoms with E-state index < -0.39 is 0 Å². The number of nitrogens with zero attached hydrogens (tertiary/aromatic N) is 3. The van der Waals surface area contributed by atoms with Gasteiger partial charge in [-0.3, -0.25) is 9.89 Å². The lowest BCUT2D eigenvalue weighted by molar-refractivity contribution is 0.00534. The molecule has 6 nitrogen and oxygen atoms in total. The molecular weight excluding hydrogens is 394 g/mol. The highest BCUT2D eigenvalue weighted by atomic mass is 32.1. The molecule has 2 aromatic rings. The maximum Gasteiger partial charge on any atom is 0.191 e. The van der Waals surface area contributed by atoms with Crippen LogP contribution < -0.4 is 10.6 Å². The maximum absolute atomic E-state index is 6.11. The van der Waals surface area contributed by atoms with Crippen molar-refractivity contribution < 1.29 is 4.74 Å². The van der Waals surface area contributed by atoms with E-state index in [4.69, 9.17) is 4.74 Å². The molecule has 0 unspecified atom stereocenters. The van der Waals surface area contributed by atoms with Crippen molar-refractivity contribution in [1.29, 1.82) is 0 Å². The van der Waals surface area contributed by atoms with Crippen molar-refractivity contribution in [3.63, 3.8) is 0 Å². The van der Waals surface area contributed by atoms with Gasteiger partial charge in [0.15, 0.2) is 5.96 Å². The normalized spacial score (nSPS) is 16.0. The van der Waals surface area contributed by atoms with Gasteiger partial charge >= 0.3 is 0 Å². The zero-order chi connectivity index (χ0) is 21.2. The van der Waals surface area contributed by atoms with Crippen LogP contribution in [0.3, 0.4) is 0 Å². The summed E-state index contributed by atoms with van der Waals surface area (Å²) in [6.45, 7) is 9.78. The number of thiazole rings is 1. The molecule has 2 N–H and O–H groups in total. The molecule has 1 aromatic carbocycles. The first-order valence-corrected chi connectivity index (χ1v) is 11.7. The molecule has 0 aliphatic carbocycles. The fraction of sp³-hybridized carbons (Fsp3) is 0.565. The van der Waals surface area contributed by atoms with Gasteiger partial charge < -0.3 is 15.4 Å². The average molecular weight is 430 g/mol. The first-order chi connectivity index (χ1) is 14.6. The van der Waals surface area contributed by atoms with Crippen molar-refractivity contribution in [3.8, 4) is 0 Å². The molecule has 2 heterocycles. The summed E-state index contributed by atoms with van der Waals surface area (Å²) in [6, 6.07) is 10.7. The number of benzene rings is 1. The number of aryl methyl sites for hydroxylation is 2. The van der Waals surface area contributed by atoms with Gasteiger partial charge in [0.25, 0.3) is 0 Å². The standard InChI is InChI=1S/C23H35N5OS/c1-18-22(30-19(2)27-18)16-26-23(24-3)25-12-7-15-29-21-10-13-28(14-11-21)17-20-8-5-4-6-9-20/h4-6,8-9,21H,7,10-17H2,1-3H3,(H2,24,25,26). The number of rotatable bonds is 9. The van der Waals surface area contributed by atoms with Gasteiger partial charge in [0, 0.05) is 44.7 Å². The zero-order valence-corrected chi connectivity index (χ0v) is 19.3. The molecule has 0 spiro atoms. The van der Waals surface area contributed by atoms with Crippen molar-refractivity contribution in [3.05, 3.63) is 51.5 Å². The van der Waals surface area contributed by atoms with Gasteiger partial charge in [0.2, 0.25) is 0 Å². The van der Waals surface area contributed by atoms with Crippen LogP contribution in [0.5, 0.6) is 0 Å². The zero-order valence-electron chi connectivity index (χ0n) is 18.5. The van der Waals surface area contributed by atoms with Crippen LogP contribution >= 0.6 is 11.3 Å². The summed E-state index contributed by atoms with van der Waals surface area (Å²) in [7, 11) is 1.81. The van der Waals surface area contributed by atoms with Crippen LogP contribution in [0.2, 0.25) is 0 Å². The summed E-state index contributed by atoms with van der Waals surface area (Å²) in [5.41, 5.74) is 2.49. The van der Waals surface area contributed by atoms with Crippen molar-refractivity contribution in [1.82, 2.24) is 20.5 Å². The molecule has 0 saturated carbocycles. The molecule has 0 radical (unpaired) electrons. The number of hydrogen-bond acceptors (Lipinski definition) is 5. The molecule has 0 amide bonds. The van der Waals surface area contributed by atoms with Crippen LogP contribution in [-0.2, 0) is 17.8 Å². The number of likely N-dealkylation sites (tertiary alicyclic amines) is 1. The Hall–Kier alpha value is -1.96. The van der Waals surface area contributed by atoms with E-state index in [0.717, 1.165) is 75.3 Å². The lowest BCUT2D eigenvalue weighted by Crippen LogP contribution is -2.38. The van der Waals surface area contributed by atoms with E-state index in [1.807, 2.05) is 6.92 Å². The van der Waals surface area contributed by atoms with Crippen LogP contribution in [0.1, 0.15) is 40.4 Å². The summed E-state index contributed by atoms with van der Waals surface area (Å²) < 4.78 is 6.11. The van der Waals surface area contributed by atoms with E-state index in [0.29, 0.717) is 6.10 Å². The van der Waals surface area contributed by atoms with E-state index in [-0.39, 0.29) is 0 Å². The van der Waals surface area contributed by atoms with Gasteiger partial charge in [-0.05, 0) is 38.7 Å². The number of aliphatic imine (C=N–C) groups is 1. The molecule has 0 bridgehead atoms. The van der Waals surface area contributed by atoms with Gasteiger partial charge in [0.1, 0.15) is 0 Å². The predicted molar refractivity (Wildman–Crippen MR) is 125 cm³/mol. The Morgan fingerprint density at radius 1 is 1.20 bits per heavy atom. The minimum atomic E-state index is 0.395. The minimum absolute atomic E-state index is 0.395. The Labute approximate surface area is 184 Å². The predicted octanol–water partition coefficient (Wildman–Crippen LogP) is 3.50. The van der Waals surface area contributed by atoms with Crippen LogP contribution in [0.25, 0.3) is 0 Å². The van der Waals surface area contributed by atoms with E-state index >= 15 is 0 Å². The summed E-state index contributed by atoms with van der Waals surface area (Å²) >= 11 is 1.74. The maximum atomic E-state index is 6.11. The monoisotopic (exact) mass is 429 g/mol. The summed E-state index contributed by atoms with van der Waals surface area (Å²) in [5, 5.41) is 7.85. The van der Waals surface area contributed by atoms with Crippen LogP contribution in [0.4, 0.5) is 0 Å². The third-order valence-electron chi connectivity index (χ3n) is 5.39. The highest BCUT2D eigenvalue weighted by Gasteiger charge is 2.19. The molecule has 30 heavy (non-hydrogen) atoms. The summed E-state index contributed by atoms with van der Waals surface area (Å²) in [4.78, 5) is 12.6. The second kappa shape index (κ2) is 12.0. The number of guanidine groups is 1. The van der Waals surface area contributed by atoms with Gasteiger partial charge in [-0.25, -0.2) is 4.98 Å². The van der Waals surface area contributed by atoms with Crippen molar-refractivity contribution in [2.24, 2.45) is 4.99 Å². The van der Waals surface area contributed by atoms with Crippen LogP contribution in [-0.4, -0.2) is 55.2 Å². The van der Waals surface area contributed by atoms with Gasteiger partial charge in [-0.1, -0.05) is 30.3 Å². The number of hydrogen-bond donors (Lipinski definition) is 2. The molecule has 0 atom stereocenters. The smallest absolute Gasteiger partial charge is 0.191 e. The second-order valence-corrected chi connectivity index (χ2v) is 9.07. The highest BCUT2D eigenvalue weighted by Crippen LogP contribution is 2.17. The van der Waals surface area contributed by atoms with E-state index in [1.165, 1.54) is 10.4 Å². The third kappa shape index (κ3) is 7.38. The first kappa shape index (κ1) is 22.7. The Bertz CT molecular complexity index is 784. The quantitative estimate of drug-likeness (QED) is 0.363.